The Kier molecular flexibility index (Phi) is 5.53. The van der Waals surface area contributed by atoms with E-state index in [2.05, 4.69) is 24.3 Å². The Hall–Kier alpha value is -1.67. The van der Waals surface area contributed by atoms with E-state index in [0.29, 0.717) is 0 Å². The molecule has 2 aromatic rings. The SMILES string of the molecule is COc1cccc(CCc2ccc(N)cc2)c1.Cl. The van der Waals surface area contributed by atoms with Gasteiger partial charge >= 0.3 is 0 Å². The average molecular weight is 264 g/mol. The molecule has 2 nitrogen and oxygen atoms in total. The zero-order chi connectivity index (χ0) is 12.1. The van der Waals surface area contributed by atoms with Gasteiger partial charge in [-0.25, -0.2) is 0 Å². The Balaban J connectivity index is 0.00000162. The number of aryl methyl sites for hydroxylation is 2. The zero-order valence-corrected chi connectivity index (χ0v) is 11.2. The molecule has 2 rings (SSSR count). The lowest BCUT2D eigenvalue weighted by atomic mass is 10.0. The number of hydrogen-bond acceptors (Lipinski definition) is 2. The third-order valence-electron chi connectivity index (χ3n) is 2.82. The van der Waals surface area contributed by atoms with Gasteiger partial charge in [-0.3, -0.25) is 0 Å². The van der Waals surface area contributed by atoms with Crippen molar-refractivity contribution in [3.63, 3.8) is 0 Å². The van der Waals surface area contributed by atoms with E-state index in [9.17, 15) is 0 Å². The maximum atomic E-state index is 5.66. The molecule has 0 aromatic heterocycles. The first kappa shape index (κ1) is 14.4. The molecule has 2 N–H and O–H groups in total. The maximum absolute atomic E-state index is 5.66. The number of halogens is 1. The molecule has 0 saturated carbocycles. The van der Waals surface area contributed by atoms with Crippen LogP contribution in [0.1, 0.15) is 11.1 Å². The first-order chi connectivity index (χ1) is 8.28. The minimum atomic E-state index is 0. The topological polar surface area (TPSA) is 35.2 Å². The van der Waals surface area contributed by atoms with Crippen molar-refractivity contribution in [3.8, 4) is 5.75 Å². The third kappa shape index (κ3) is 3.97. The molecular formula is C15H18ClNO. The van der Waals surface area contributed by atoms with Crippen LogP contribution in [0.25, 0.3) is 0 Å². The number of nitrogens with two attached hydrogens (primary N) is 1. The van der Waals surface area contributed by atoms with Gasteiger partial charge in [0.15, 0.2) is 0 Å². The normalized spacial score (nSPS) is 9.61. The summed E-state index contributed by atoms with van der Waals surface area (Å²) in [5.74, 6) is 0.916. The summed E-state index contributed by atoms with van der Waals surface area (Å²) in [6, 6.07) is 16.2. The van der Waals surface area contributed by atoms with Crippen LogP contribution in [0.5, 0.6) is 5.75 Å². The van der Waals surface area contributed by atoms with Gasteiger partial charge in [0.25, 0.3) is 0 Å². The molecule has 0 heterocycles. The Labute approximate surface area is 114 Å². The lowest BCUT2D eigenvalue weighted by Crippen LogP contribution is -1.93. The highest BCUT2D eigenvalue weighted by Gasteiger charge is 1.98. The molecule has 0 atom stereocenters. The van der Waals surface area contributed by atoms with Crippen LogP contribution >= 0.6 is 12.4 Å². The van der Waals surface area contributed by atoms with Crippen LogP contribution in [-0.2, 0) is 12.8 Å². The molecule has 0 spiro atoms. The molecule has 0 bridgehead atoms. The lowest BCUT2D eigenvalue weighted by Gasteiger charge is -2.05. The van der Waals surface area contributed by atoms with E-state index in [4.69, 9.17) is 10.5 Å². The van der Waals surface area contributed by atoms with Crippen molar-refractivity contribution in [2.45, 2.75) is 12.8 Å². The fourth-order valence-corrected chi connectivity index (χ4v) is 1.80. The van der Waals surface area contributed by atoms with Gasteiger partial charge in [-0.2, -0.15) is 0 Å². The summed E-state index contributed by atoms with van der Waals surface area (Å²) < 4.78 is 5.21. The highest BCUT2D eigenvalue weighted by atomic mass is 35.5. The first-order valence-corrected chi connectivity index (χ1v) is 5.75. The third-order valence-corrected chi connectivity index (χ3v) is 2.82. The number of benzene rings is 2. The van der Waals surface area contributed by atoms with Crippen molar-refractivity contribution in [2.75, 3.05) is 12.8 Å². The molecule has 3 heteroatoms. The molecule has 0 aliphatic carbocycles. The van der Waals surface area contributed by atoms with Crippen LogP contribution in [0.3, 0.4) is 0 Å². The van der Waals surface area contributed by atoms with Crippen LogP contribution < -0.4 is 10.5 Å². The fraction of sp³-hybridized carbons (Fsp3) is 0.200. The van der Waals surface area contributed by atoms with Crippen molar-refractivity contribution >= 4 is 18.1 Å². The van der Waals surface area contributed by atoms with Crippen LogP contribution in [0.4, 0.5) is 5.69 Å². The second-order valence-corrected chi connectivity index (χ2v) is 4.09. The second kappa shape index (κ2) is 6.92. The molecular weight excluding hydrogens is 246 g/mol. The summed E-state index contributed by atoms with van der Waals surface area (Å²) in [7, 11) is 1.69. The quantitative estimate of drug-likeness (QED) is 0.857. The Morgan fingerprint density at radius 2 is 1.61 bits per heavy atom. The van der Waals surface area contributed by atoms with Gasteiger partial charge in [-0.05, 0) is 48.2 Å². The number of hydrogen-bond donors (Lipinski definition) is 1. The first-order valence-electron chi connectivity index (χ1n) is 5.75. The van der Waals surface area contributed by atoms with E-state index < -0.39 is 0 Å². The molecule has 0 aliphatic rings. The van der Waals surface area contributed by atoms with Crippen molar-refractivity contribution in [2.24, 2.45) is 0 Å². The Bertz CT molecular complexity index is 482. The number of nitrogen functional groups attached to an aromatic ring is 1. The summed E-state index contributed by atoms with van der Waals surface area (Å²) in [4.78, 5) is 0. The van der Waals surface area contributed by atoms with Crippen molar-refractivity contribution in [3.05, 3.63) is 59.7 Å². The van der Waals surface area contributed by atoms with Crippen LogP contribution in [0.2, 0.25) is 0 Å². The molecule has 0 unspecified atom stereocenters. The van der Waals surface area contributed by atoms with Gasteiger partial charge in [0.2, 0.25) is 0 Å². The molecule has 2 aromatic carbocycles. The predicted octanol–water partition coefficient (Wildman–Crippen LogP) is 3.48. The zero-order valence-electron chi connectivity index (χ0n) is 10.4. The van der Waals surface area contributed by atoms with Gasteiger partial charge in [-0.1, -0.05) is 24.3 Å². The number of rotatable bonds is 4. The molecule has 96 valence electrons. The van der Waals surface area contributed by atoms with Gasteiger partial charge in [-0.15, -0.1) is 12.4 Å². The summed E-state index contributed by atoms with van der Waals surface area (Å²) in [6.07, 6.45) is 2.04. The smallest absolute Gasteiger partial charge is 0.119 e. The highest BCUT2D eigenvalue weighted by molar-refractivity contribution is 5.85. The van der Waals surface area contributed by atoms with E-state index in [1.165, 1.54) is 11.1 Å². The standard InChI is InChI=1S/C15H17NO.ClH/c1-17-15-4-2-3-13(11-15)6-5-12-7-9-14(16)10-8-12;/h2-4,7-11H,5-6,16H2,1H3;1H. The predicted molar refractivity (Wildman–Crippen MR) is 78.5 cm³/mol. The Morgan fingerprint density at radius 3 is 2.28 bits per heavy atom. The van der Waals surface area contributed by atoms with Crippen molar-refractivity contribution in [1.82, 2.24) is 0 Å². The molecule has 0 radical (unpaired) electrons. The van der Waals surface area contributed by atoms with E-state index in [0.717, 1.165) is 24.3 Å². The van der Waals surface area contributed by atoms with E-state index in [1.54, 1.807) is 7.11 Å². The van der Waals surface area contributed by atoms with Gasteiger partial charge in [0.1, 0.15) is 5.75 Å². The monoisotopic (exact) mass is 263 g/mol. The van der Waals surface area contributed by atoms with Gasteiger partial charge < -0.3 is 10.5 Å². The van der Waals surface area contributed by atoms with Crippen LogP contribution in [0.15, 0.2) is 48.5 Å². The lowest BCUT2D eigenvalue weighted by molar-refractivity contribution is 0.414. The summed E-state index contributed by atoms with van der Waals surface area (Å²) in [5, 5.41) is 0. The second-order valence-electron chi connectivity index (χ2n) is 4.09. The minimum absolute atomic E-state index is 0. The minimum Gasteiger partial charge on any atom is -0.497 e. The van der Waals surface area contributed by atoms with Crippen LogP contribution in [0, 0.1) is 0 Å². The molecule has 0 aliphatic heterocycles. The van der Waals surface area contributed by atoms with E-state index in [-0.39, 0.29) is 12.4 Å². The van der Waals surface area contributed by atoms with Gasteiger partial charge in [0.05, 0.1) is 7.11 Å². The highest BCUT2D eigenvalue weighted by Crippen LogP contribution is 2.15. The summed E-state index contributed by atoms with van der Waals surface area (Å²) in [5.41, 5.74) is 9.07. The number of methoxy groups -OCH3 is 1. The fourth-order valence-electron chi connectivity index (χ4n) is 1.80. The van der Waals surface area contributed by atoms with E-state index >= 15 is 0 Å². The average Bonchev–Trinajstić information content (AvgIpc) is 2.38. The maximum Gasteiger partial charge on any atom is 0.119 e. The summed E-state index contributed by atoms with van der Waals surface area (Å²) >= 11 is 0. The number of ether oxygens (including phenoxy) is 1. The molecule has 18 heavy (non-hydrogen) atoms. The van der Waals surface area contributed by atoms with Crippen molar-refractivity contribution in [1.29, 1.82) is 0 Å². The molecule has 0 amide bonds. The Morgan fingerprint density at radius 1 is 0.944 bits per heavy atom. The molecule has 0 saturated heterocycles. The molecule has 0 fully saturated rings. The van der Waals surface area contributed by atoms with E-state index in [1.807, 2.05) is 24.3 Å². The summed E-state index contributed by atoms with van der Waals surface area (Å²) in [6.45, 7) is 0. The van der Waals surface area contributed by atoms with Crippen molar-refractivity contribution < 1.29 is 4.74 Å². The number of anilines is 1. The van der Waals surface area contributed by atoms with Gasteiger partial charge in [0, 0.05) is 5.69 Å². The largest absolute Gasteiger partial charge is 0.497 e. The van der Waals surface area contributed by atoms with Crippen LogP contribution in [-0.4, -0.2) is 7.11 Å².